The molecule has 0 aromatic heterocycles. The lowest BCUT2D eigenvalue weighted by molar-refractivity contribution is 0.112. The molecule has 0 spiro atoms. The maximum absolute atomic E-state index is 14.2. The van der Waals surface area contributed by atoms with Crippen LogP contribution in [0.15, 0.2) is 30.3 Å². The Morgan fingerprint density at radius 2 is 2.00 bits per heavy atom. The van der Waals surface area contributed by atoms with E-state index < -0.39 is 5.82 Å². The number of halogens is 1. The Bertz CT molecular complexity index is 735. The van der Waals surface area contributed by atoms with Gasteiger partial charge in [0.15, 0.2) is 29.4 Å². The molecule has 0 aliphatic rings. The third-order valence-corrected chi connectivity index (χ3v) is 2.96. The van der Waals surface area contributed by atoms with E-state index in [1.165, 1.54) is 25.3 Å². The Balaban J connectivity index is 2.56. The molecule has 0 amide bonds. The number of aldehydes is 1. The molecule has 106 valence electrons. The minimum Gasteiger partial charge on any atom is -0.492 e. The summed E-state index contributed by atoms with van der Waals surface area (Å²) in [6.07, 6.45) is 0.615. The lowest BCUT2D eigenvalue weighted by Crippen LogP contribution is -1.98. The molecule has 0 bridgehead atoms. The molecule has 0 atom stereocenters. The summed E-state index contributed by atoms with van der Waals surface area (Å²) < 4.78 is 24.8. The van der Waals surface area contributed by atoms with Crippen LogP contribution in [-0.2, 0) is 0 Å². The Kier molecular flexibility index (Phi) is 4.19. The van der Waals surface area contributed by atoms with Gasteiger partial charge in [0.2, 0.25) is 0 Å². The monoisotopic (exact) mass is 285 g/mol. The number of carbonyl (C=O) groups is 1. The second-order valence-corrected chi connectivity index (χ2v) is 4.28. The van der Waals surface area contributed by atoms with Gasteiger partial charge in [-0.3, -0.25) is 4.79 Å². The van der Waals surface area contributed by atoms with Gasteiger partial charge in [0.05, 0.1) is 18.2 Å². The van der Waals surface area contributed by atoms with Crippen molar-refractivity contribution in [3.05, 3.63) is 52.8 Å². The molecule has 0 radical (unpaired) electrons. The Morgan fingerprint density at radius 3 is 2.62 bits per heavy atom. The number of nitriles is 1. The predicted molar refractivity (Wildman–Crippen MR) is 74.3 cm³/mol. The number of nitrogens with zero attached hydrogens (tertiary/aromatic N) is 1. The maximum atomic E-state index is 14.2. The molecule has 21 heavy (non-hydrogen) atoms. The van der Waals surface area contributed by atoms with Crippen molar-refractivity contribution < 1.29 is 18.7 Å². The van der Waals surface area contributed by atoms with E-state index in [0.29, 0.717) is 11.8 Å². The fourth-order valence-corrected chi connectivity index (χ4v) is 1.88. The first-order chi connectivity index (χ1) is 10.1. The summed E-state index contributed by atoms with van der Waals surface area (Å²) in [7, 11) is 1.38. The molecule has 2 aromatic carbocycles. The first-order valence-corrected chi connectivity index (χ1v) is 6.11. The minimum atomic E-state index is -0.618. The summed E-state index contributed by atoms with van der Waals surface area (Å²) in [5, 5.41) is 9.05. The van der Waals surface area contributed by atoms with Crippen molar-refractivity contribution in [2.75, 3.05) is 7.11 Å². The highest BCUT2D eigenvalue weighted by Crippen LogP contribution is 2.36. The fourth-order valence-electron chi connectivity index (χ4n) is 1.88. The van der Waals surface area contributed by atoms with Gasteiger partial charge in [-0.05, 0) is 30.7 Å². The predicted octanol–water partition coefficient (Wildman–Crippen LogP) is 3.62. The van der Waals surface area contributed by atoms with Gasteiger partial charge in [-0.15, -0.1) is 0 Å². The van der Waals surface area contributed by atoms with Gasteiger partial charge in [0.1, 0.15) is 6.07 Å². The van der Waals surface area contributed by atoms with Crippen molar-refractivity contribution in [3.63, 3.8) is 0 Å². The Hall–Kier alpha value is -2.87. The van der Waals surface area contributed by atoms with E-state index in [2.05, 4.69) is 0 Å². The molecule has 0 saturated carbocycles. The second-order valence-electron chi connectivity index (χ2n) is 4.28. The van der Waals surface area contributed by atoms with Gasteiger partial charge in [0, 0.05) is 0 Å². The lowest BCUT2D eigenvalue weighted by atomic mass is 10.1. The van der Waals surface area contributed by atoms with Gasteiger partial charge in [-0.1, -0.05) is 12.1 Å². The van der Waals surface area contributed by atoms with E-state index in [9.17, 15) is 9.18 Å². The van der Waals surface area contributed by atoms with Crippen molar-refractivity contribution in [1.29, 1.82) is 5.26 Å². The fraction of sp³-hybridized carbons (Fsp3) is 0.125. The number of carbonyl (C=O) groups excluding carboxylic acids is 1. The molecule has 2 rings (SSSR count). The molecule has 0 aliphatic heterocycles. The molecule has 0 unspecified atom stereocenters. The molecule has 0 fully saturated rings. The van der Waals surface area contributed by atoms with Crippen molar-refractivity contribution in [1.82, 2.24) is 0 Å². The minimum absolute atomic E-state index is 0.0664. The van der Waals surface area contributed by atoms with Crippen LogP contribution < -0.4 is 9.47 Å². The zero-order valence-corrected chi connectivity index (χ0v) is 11.5. The van der Waals surface area contributed by atoms with Crippen LogP contribution in [0.5, 0.6) is 17.2 Å². The van der Waals surface area contributed by atoms with E-state index in [0.717, 1.165) is 0 Å². The van der Waals surface area contributed by atoms with Crippen LogP contribution in [-0.4, -0.2) is 13.4 Å². The van der Waals surface area contributed by atoms with Crippen molar-refractivity contribution in [3.8, 4) is 23.3 Å². The van der Waals surface area contributed by atoms with Crippen LogP contribution in [0.4, 0.5) is 4.39 Å². The number of para-hydroxylation sites is 1. The van der Waals surface area contributed by atoms with E-state index >= 15 is 0 Å². The maximum Gasteiger partial charge on any atom is 0.181 e. The van der Waals surface area contributed by atoms with Crippen molar-refractivity contribution in [2.24, 2.45) is 0 Å². The largest absolute Gasteiger partial charge is 0.492 e. The summed E-state index contributed by atoms with van der Waals surface area (Å²) in [5.74, 6) is -0.438. The number of rotatable bonds is 4. The highest BCUT2D eigenvalue weighted by molar-refractivity contribution is 5.81. The molecule has 0 saturated heterocycles. The van der Waals surface area contributed by atoms with E-state index in [1.54, 1.807) is 19.1 Å². The van der Waals surface area contributed by atoms with Crippen LogP contribution in [0, 0.1) is 24.1 Å². The zero-order valence-electron chi connectivity index (χ0n) is 11.5. The standard InChI is InChI=1S/C16H12FNO3/c1-10-6-7-11(8-18)16(14(10)17)21-13-5-3-4-12(9-19)15(13)20-2/h3-7,9H,1-2H3. The molecular formula is C16H12FNO3. The van der Waals surface area contributed by atoms with Crippen LogP contribution in [0.1, 0.15) is 21.5 Å². The van der Waals surface area contributed by atoms with Gasteiger partial charge in [-0.2, -0.15) is 5.26 Å². The molecule has 0 heterocycles. The third kappa shape index (κ3) is 2.70. The number of hydrogen-bond acceptors (Lipinski definition) is 4. The SMILES string of the molecule is COc1c(C=O)cccc1Oc1c(C#N)ccc(C)c1F. The van der Waals surface area contributed by atoms with Crippen LogP contribution >= 0.6 is 0 Å². The van der Waals surface area contributed by atoms with E-state index in [-0.39, 0.29) is 28.4 Å². The van der Waals surface area contributed by atoms with Gasteiger partial charge in [-0.25, -0.2) is 4.39 Å². The number of methoxy groups -OCH3 is 1. The number of ether oxygens (including phenoxy) is 2. The molecule has 5 heteroatoms. The van der Waals surface area contributed by atoms with E-state index in [1.807, 2.05) is 6.07 Å². The van der Waals surface area contributed by atoms with Gasteiger partial charge >= 0.3 is 0 Å². The molecule has 4 nitrogen and oxygen atoms in total. The number of benzene rings is 2. The quantitative estimate of drug-likeness (QED) is 0.805. The third-order valence-electron chi connectivity index (χ3n) is 2.96. The average molecular weight is 285 g/mol. The molecular weight excluding hydrogens is 273 g/mol. The number of aryl methyl sites for hydroxylation is 1. The second kappa shape index (κ2) is 6.06. The smallest absolute Gasteiger partial charge is 0.181 e. The lowest BCUT2D eigenvalue weighted by Gasteiger charge is -2.14. The normalized spacial score (nSPS) is 9.81. The first kappa shape index (κ1) is 14.5. The first-order valence-electron chi connectivity index (χ1n) is 6.11. The van der Waals surface area contributed by atoms with Gasteiger partial charge < -0.3 is 9.47 Å². The van der Waals surface area contributed by atoms with Crippen LogP contribution in [0.3, 0.4) is 0 Å². The Morgan fingerprint density at radius 1 is 1.24 bits per heavy atom. The Labute approximate surface area is 121 Å². The highest BCUT2D eigenvalue weighted by Gasteiger charge is 2.17. The van der Waals surface area contributed by atoms with Crippen LogP contribution in [0.25, 0.3) is 0 Å². The van der Waals surface area contributed by atoms with Crippen molar-refractivity contribution >= 4 is 6.29 Å². The summed E-state index contributed by atoms with van der Waals surface area (Å²) in [6, 6.07) is 9.52. The molecule has 2 aromatic rings. The van der Waals surface area contributed by atoms with Gasteiger partial charge in [0.25, 0.3) is 0 Å². The zero-order chi connectivity index (χ0) is 15.4. The van der Waals surface area contributed by atoms with Crippen LogP contribution in [0.2, 0.25) is 0 Å². The summed E-state index contributed by atoms with van der Waals surface area (Å²) in [5.41, 5.74) is 0.702. The average Bonchev–Trinajstić information content (AvgIpc) is 2.51. The number of hydrogen-bond donors (Lipinski definition) is 0. The topological polar surface area (TPSA) is 59.3 Å². The summed E-state index contributed by atoms with van der Waals surface area (Å²) >= 11 is 0. The highest BCUT2D eigenvalue weighted by atomic mass is 19.1. The summed E-state index contributed by atoms with van der Waals surface area (Å²) in [4.78, 5) is 11.0. The van der Waals surface area contributed by atoms with Crippen molar-refractivity contribution in [2.45, 2.75) is 6.92 Å². The summed E-state index contributed by atoms with van der Waals surface area (Å²) in [6.45, 7) is 1.57. The molecule has 0 N–H and O–H groups in total. The van der Waals surface area contributed by atoms with E-state index in [4.69, 9.17) is 14.7 Å². The molecule has 0 aliphatic carbocycles.